The molecule has 4 heteroatoms. The summed E-state index contributed by atoms with van der Waals surface area (Å²) in [5.41, 5.74) is 2.09. The van der Waals surface area contributed by atoms with Crippen LogP contribution in [-0.2, 0) is 6.54 Å². The van der Waals surface area contributed by atoms with E-state index < -0.39 is 0 Å². The zero-order valence-corrected chi connectivity index (χ0v) is 9.24. The topological polar surface area (TPSA) is 39.1 Å². The van der Waals surface area contributed by atoms with Gasteiger partial charge >= 0.3 is 0 Å². The Balaban J connectivity index is 2.67. The number of imidazole rings is 1. The summed E-state index contributed by atoms with van der Waals surface area (Å²) in [6.45, 7) is 2.99. The normalized spacial score (nSPS) is 10.6. The van der Waals surface area contributed by atoms with E-state index >= 15 is 0 Å². The average molecular weight is 205 g/mol. The smallest absolute Gasteiger partial charge is 0.203 e. The number of nitrogens with one attached hydrogen (secondary N) is 1. The van der Waals surface area contributed by atoms with E-state index in [1.54, 1.807) is 7.11 Å². The molecule has 0 aliphatic carbocycles. The van der Waals surface area contributed by atoms with E-state index in [1.165, 1.54) is 0 Å². The van der Waals surface area contributed by atoms with Gasteiger partial charge < -0.3 is 14.6 Å². The van der Waals surface area contributed by atoms with Gasteiger partial charge in [0.25, 0.3) is 0 Å². The molecule has 0 radical (unpaired) electrons. The summed E-state index contributed by atoms with van der Waals surface area (Å²) in [7, 11) is 3.55. The van der Waals surface area contributed by atoms with Crippen molar-refractivity contribution < 1.29 is 4.74 Å². The predicted molar refractivity (Wildman–Crippen MR) is 61.5 cm³/mol. The number of hydrogen-bond acceptors (Lipinski definition) is 3. The fourth-order valence-electron chi connectivity index (χ4n) is 1.74. The van der Waals surface area contributed by atoms with Gasteiger partial charge in [-0.05, 0) is 19.1 Å². The van der Waals surface area contributed by atoms with Crippen LogP contribution in [0.25, 0.3) is 11.0 Å². The van der Waals surface area contributed by atoms with Gasteiger partial charge in [-0.2, -0.15) is 0 Å². The van der Waals surface area contributed by atoms with Crippen LogP contribution in [0.2, 0.25) is 0 Å². The molecular weight excluding hydrogens is 190 g/mol. The first-order valence-corrected chi connectivity index (χ1v) is 5.02. The van der Waals surface area contributed by atoms with E-state index in [-0.39, 0.29) is 0 Å². The van der Waals surface area contributed by atoms with Crippen LogP contribution in [0.15, 0.2) is 18.2 Å². The van der Waals surface area contributed by atoms with Gasteiger partial charge in [0.1, 0.15) is 5.75 Å². The SMILES string of the molecule is CCn1c(NC)nc2ccc(OC)cc21. The second-order valence-corrected chi connectivity index (χ2v) is 3.28. The van der Waals surface area contributed by atoms with Gasteiger partial charge in [-0.15, -0.1) is 0 Å². The monoisotopic (exact) mass is 205 g/mol. The number of anilines is 1. The fourth-order valence-corrected chi connectivity index (χ4v) is 1.74. The number of aryl methyl sites for hydroxylation is 1. The maximum atomic E-state index is 5.20. The van der Waals surface area contributed by atoms with Gasteiger partial charge in [-0.25, -0.2) is 4.98 Å². The Labute approximate surface area is 88.9 Å². The Kier molecular flexibility index (Phi) is 2.49. The van der Waals surface area contributed by atoms with Crippen LogP contribution in [-0.4, -0.2) is 23.7 Å². The van der Waals surface area contributed by atoms with Gasteiger partial charge in [-0.1, -0.05) is 0 Å². The molecule has 2 aromatic rings. The first-order valence-electron chi connectivity index (χ1n) is 5.02. The summed E-state index contributed by atoms with van der Waals surface area (Å²) in [6, 6.07) is 5.91. The lowest BCUT2D eigenvalue weighted by atomic mass is 10.3. The van der Waals surface area contributed by atoms with Crippen molar-refractivity contribution in [1.82, 2.24) is 9.55 Å². The number of rotatable bonds is 3. The minimum Gasteiger partial charge on any atom is -0.497 e. The predicted octanol–water partition coefficient (Wildman–Crippen LogP) is 2.11. The molecule has 1 aromatic heterocycles. The van der Waals surface area contributed by atoms with E-state index in [0.29, 0.717) is 0 Å². The van der Waals surface area contributed by atoms with Crippen molar-refractivity contribution in [2.75, 3.05) is 19.5 Å². The zero-order chi connectivity index (χ0) is 10.8. The molecule has 0 atom stereocenters. The number of hydrogen-bond donors (Lipinski definition) is 1. The van der Waals surface area contributed by atoms with Crippen LogP contribution in [0.4, 0.5) is 5.95 Å². The van der Waals surface area contributed by atoms with E-state index in [1.807, 2.05) is 25.2 Å². The van der Waals surface area contributed by atoms with Crippen molar-refractivity contribution in [3.05, 3.63) is 18.2 Å². The summed E-state index contributed by atoms with van der Waals surface area (Å²) in [5, 5.41) is 3.08. The van der Waals surface area contributed by atoms with E-state index in [2.05, 4.69) is 21.8 Å². The molecule has 1 N–H and O–H groups in total. The van der Waals surface area contributed by atoms with Crippen molar-refractivity contribution in [2.24, 2.45) is 0 Å². The Hall–Kier alpha value is -1.71. The summed E-state index contributed by atoms with van der Waals surface area (Å²) in [5.74, 6) is 1.75. The molecule has 0 spiro atoms. The molecule has 0 bridgehead atoms. The largest absolute Gasteiger partial charge is 0.497 e. The highest BCUT2D eigenvalue weighted by Crippen LogP contribution is 2.23. The van der Waals surface area contributed by atoms with Crippen molar-refractivity contribution >= 4 is 17.0 Å². The number of ether oxygens (including phenoxy) is 1. The third kappa shape index (κ3) is 1.52. The lowest BCUT2D eigenvalue weighted by molar-refractivity contribution is 0.415. The Morgan fingerprint density at radius 1 is 1.47 bits per heavy atom. The van der Waals surface area contributed by atoms with Crippen LogP contribution in [0, 0.1) is 0 Å². The molecule has 0 fully saturated rings. The fraction of sp³-hybridized carbons (Fsp3) is 0.364. The lowest BCUT2D eigenvalue weighted by Crippen LogP contribution is -2.01. The molecule has 4 nitrogen and oxygen atoms in total. The van der Waals surface area contributed by atoms with Crippen LogP contribution in [0.3, 0.4) is 0 Å². The number of methoxy groups -OCH3 is 1. The molecule has 0 unspecified atom stereocenters. The van der Waals surface area contributed by atoms with Gasteiger partial charge in [0.15, 0.2) is 0 Å². The highest BCUT2D eigenvalue weighted by atomic mass is 16.5. The van der Waals surface area contributed by atoms with Crippen LogP contribution < -0.4 is 10.1 Å². The maximum Gasteiger partial charge on any atom is 0.203 e. The molecule has 1 heterocycles. The van der Waals surface area contributed by atoms with Crippen molar-refractivity contribution in [1.29, 1.82) is 0 Å². The van der Waals surface area contributed by atoms with Gasteiger partial charge in [0.05, 0.1) is 18.1 Å². The first kappa shape index (κ1) is 9.83. The molecule has 15 heavy (non-hydrogen) atoms. The van der Waals surface area contributed by atoms with Crippen molar-refractivity contribution in [3.8, 4) is 5.75 Å². The quantitative estimate of drug-likeness (QED) is 0.834. The standard InChI is InChI=1S/C11H15N3O/c1-4-14-10-7-8(15-3)5-6-9(10)13-11(14)12-2/h5-7H,4H2,1-3H3,(H,12,13). The summed E-state index contributed by atoms with van der Waals surface area (Å²) >= 11 is 0. The van der Waals surface area contributed by atoms with Gasteiger partial charge in [-0.3, -0.25) is 0 Å². The number of fused-ring (bicyclic) bond motifs is 1. The average Bonchev–Trinajstić information content (AvgIpc) is 2.65. The molecular formula is C11H15N3O. The van der Waals surface area contributed by atoms with Crippen LogP contribution in [0.5, 0.6) is 5.75 Å². The molecule has 0 aliphatic rings. The second kappa shape index (κ2) is 3.81. The number of nitrogens with zero attached hydrogens (tertiary/aromatic N) is 2. The molecule has 0 saturated heterocycles. The van der Waals surface area contributed by atoms with E-state index in [0.717, 1.165) is 29.3 Å². The molecule has 80 valence electrons. The minimum absolute atomic E-state index is 0.861. The zero-order valence-electron chi connectivity index (χ0n) is 9.24. The third-order valence-electron chi connectivity index (χ3n) is 2.50. The third-order valence-corrected chi connectivity index (χ3v) is 2.50. The van der Waals surface area contributed by atoms with Gasteiger partial charge in [0.2, 0.25) is 5.95 Å². The van der Waals surface area contributed by atoms with Crippen molar-refractivity contribution in [3.63, 3.8) is 0 Å². The highest BCUT2D eigenvalue weighted by Gasteiger charge is 2.08. The Bertz CT molecular complexity index is 476. The Morgan fingerprint density at radius 2 is 2.27 bits per heavy atom. The number of benzene rings is 1. The lowest BCUT2D eigenvalue weighted by Gasteiger charge is -2.05. The molecule has 0 amide bonds. The highest BCUT2D eigenvalue weighted by molar-refractivity contribution is 5.80. The van der Waals surface area contributed by atoms with E-state index in [9.17, 15) is 0 Å². The molecule has 2 rings (SSSR count). The molecule has 0 saturated carbocycles. The Morgan fingerprint density at radius 3 is 2.87 bits per heavy atom. The van der Waals surface area contributed by atoms with Crippen LogP contribution >= 0.6 is 0 Å². The van der Waals surface area contributed by atoms with E-state index in [4.69, 9.17) is 4.74 Å². The molecule has 1 aromatic carbocycles. The molecule has 0 aliphatic heterocycles. The number of aromatic nitrogens is 2. The summed E-state index contributed by atoms with van der Waals surface area (Å²) < 4.78 is 7.33. The second-order valence-electron chi connectivity index (χ2n) is 3.28. The summed E-state index contributed by atoms with van der Waals surface area (Å²) in [4.78, 5) is 4.47. The van der Waals surface area contributed by atoms with Gasteiger partial charge in [0, 0.05) is 19.7 Å². The van der Waals surface area contributed by atoms with Crippen LogP contribution in [0.1, 0.15) is 6.92 Å². The summed E-state index contributed by atoms with van der Waals surface area (Å²) in [6.07, 6.45) is 0. The minimum atomic E-state index is 0.861. The first-order chi connectivity index (χ1) is 7.30. The van der Waals surface area contributed by atoms with Crippen molar-refractivity contribution in [2.45, 2.75) is 13.5 Å². The maximum absolute atomic E-state index is 5.20.